The first-order chi connectivity index (χ1) is 7.87. The molecule has 0 unspecified atom stereocenters. The molecule has 0 saturated carbocycles. The smallest absolute Gasteiger partial charge is 0.254 e. The SMILES string of the molecule is CC1(C)CCN(C(=O)c2cc(N)cc(F)c2)C1. The summed E-state index contributed by atoms with van der Waals surface area (Å²) in [5, 5.41) is 0. The Kier molecular flexibility index (Phi) is 2.81. The summed E-state index contributed by atoms with van der Waals surface area (Å²) in [6, 6.07) is 3.98. The van der Waals surface area contributed by atoms with Crippen LogP contribution in [0.2, 0.25) is 0 Å². The highest BCUT2D eigenvalue weighted by Crippen LogP contribution is 2.30. The van der Waals surface area contributed by atoms with Gasteiger partial charge in [0, 0.05) is 24.3 Å². The van der Waals surface area contributed by atoms with Crippen molar-refractivity contribution in [3.63, 3.8) is 0 Å². The molecule has 0 bridgehead atoms. The van der Waals surface area contributed by atoms with Crippen LogP contribution >= 0.6 is 0 Å². The van der Waals surface area contributed by atoms with Crippen LogP contribution in [-0.4, -0.2) is 23.9 Å². The number of halogens is 1. The molecule has 1 heterocycles. The average Bonchev–Trinajstić information content (AvgIpc) is 2.56. The number of carbonyl (C=O) groups excluding carboxylic acids is 1. The Morgan fingerprint density at radius 1 is 1.41 bits per heavy atom. The van der Waals surface area contributed by atoms with Crippen molar-refractivity contribution >= 4 is 11.6 Å². The molecule has 1 aliphatic heterocycles. The number of nitrogen functional groups attached to an aromatic ring is 1. The first-order valence-electron chi connectivity index (χ1n) is 5.73. The van der Waals surface area contributed by atoms with Gasteiger partial charge in [0.25, 0.3) is 5.91 Å². The van der Waals surface area contributed by atoms with Crippen LogP contribution in [0.3, 0.4) is 0 Å². The van der Waals surface area contributed by atoms with Gasteiger partial charge in [-0.1, -0.05) is 13.8 Å². The molecule has 17 heavy (non-hydrogen) atoms. The van der Waals surface area contributed by atoms with Crippen LogP contribution in [0.1, 0.15) is 30.6 Å². The standard InChI is InChI=1S/C13H17FN2O/c1-13(2)3-4-16(8-13)12(17)9-5-10(14)7-11(15)6-9/h5-7H,3-4,8,15H2,1-2H3. The molecule has 0 aliphatic carbocycles. The summed E-state index contributed by atoms with van der Waals surface area (Å²) in [6.07, 6.45) is 0.976. The van der Waals surface area contributed by atoms with Crippen molar-refractivity contribution in [1.29, 1.82) is 0 Å². The van der Waals surface area contributed by atoms with Crippen LogP contribution in [0, 0.1) is 11.2 Å². The minimum Gasteiger partial charge on any atom is -0.399 e. The first-order valence-corrected chi connectivity index (χ1v) is 5.73. The molecule has 0 radical (unpaired) electrons. The molecule has 0 aromatic heterocycles. The van der Waals surface area contributed by atoms with E-state index in [0.29, 0.717) is 12.1 Å². The Morgan fingerprint density at radius 2 is 2.12 bits per heavy atom. The quantitative estimate of drug-likeness (QED) is 0.760. The Morgan fingerprint density at radius 3 is 2.65 bits per heavy atom. The number of likely N-dealkylation sites (tertiary alicyclic amines) is 1. The predicted molar refractivity (Wildman–Crippen MR) is 65.1 cm³/mol. The predicted octanol–water partition coefficient (Wildman–Crippen LogP) is 2.28. The van der Waals surface area contributed by atoms with E-state index in [1.807, 2.05) is 0 Å². The first kappa shape index (κ1) is 11.9. The van der Waals surface area contributed by atoms with Crippen molar-refractivity contribution in [2.24, 2.45) is 5.41 Å². The molecule has 1 aliphatic rings. The maximum atomic E-state index is 13.2. The van der Waals surface area contributed by atoms with Crippen molar-refractivity contribution < 1.29 is 9.18 Å². The van der Waals surface area contributed by atoms with Crippen molar-refractivity contribution in [3.05, 3.63) is 29.6 Å². The molecule has 1 aromatic carbocycles. The number of nitrogens with zero attached hydrogens (tertiary/aromatic N) is 1. The molecular formula is C13H17FN2O. The minimum atomic E-state index is -0.466. The summed E-state index contributed by atoms with van der Waals surface area (Å²) < 4.78 is 13.2. The van der Waals surface area contributed by atoms with Gasteiger partial charge in [-0.15, -0.1) is 0 Å². The number of rotatable bonds is 1. The number of nitrogens with two attached hydrogens (primary N) is 1. The van der Waals surface area contributed by atoms with Crippen LogP contribution < -0.4 is 5.73 Å². The van der Waals surface area contributed by atoms with E-state index in [-0.39, 0.29) is 17.0 Å². The van der Waals surface area contributed by atoms with Crippen LogP contribution in [0.4, 0.5) is 10.1 Å². The zero-order valence-corrected chi connectivity index (χ0v) is 10.2. The molecule has 2 rings (SSSR count). The van der Waals surface area contributed by atoms with E-state index in [1.54, 1.807) is 4.90 Å². The van der Waals surface area contributed by atoms with Crippen molar-refractivity contribution in [3.8, 4) is 0 Å². The molecule has 0 atom stereocenters. The molecule has 4 heteroatoms. The summed E-state index contributed by atoms with van der Waals surface area (Å²) in [7, 11) is 0. The maximum absolute atomic E-state index is 13.2. The fourth-order valence-electron chi connectivity index (χ4n) is 2.20. The second-order valence-corrected chi connectivity index (χ2v) is 5.41. The highest BCUT2D eigenvalue weighted by atomic mass is 19.1. The molecule has 92 valence electrons. The van der Waals surface area contributed by atoms with Gasteiger partial charge in [0.05, 0.1) is 0 Å². The van der Waals surface area contributed by atoms with E-state index in [1.165, 1.54) is 18.2 Å². The third-order valence-corrected chi connectivity index (χ3v) is 3.13. The molecular weight excluding hydrogens is 219 g/mol. The number of carbonyl (C=O) groups is 1. The maximum Gasteiger partial charge on any atom is 0.254 e. The molecule has 1 aromatic rings. The van der Waals surface area contributed by atoms with Crippen molar-refractivity contribution in [2.45, 2.75) is 20.3 Å². The van der Waals surface area contributed by atoms with Crippen molar-refractivity contribution in [1.82, 2.24) is 4.90 Å². The molecule has 3 nitrogen and oxygen atoms in total. The van der Waals surface area contributed by atoms with Crippen LogP contribution in [-0.2, 0) is 0 Å². The average molecular weight is 236 g/mol. The van der Waals surface area contributed by atoms with Gasteiger partial charge in [-0.25, -0.2) is 4.39 Å². The van der Waals surface area contributed by atoms with E-state index < -0.39 is 5.82 Å². The van der Waals surface area contributed by atoms with E-state index in [0.717, 1.165) is 13.0 Å². The van der Waals surface area contributed by atoms with Gasteiger partial charge in [0.15, 0.2) is 0 Å². The summed E-state index contributed by atoms with van der Waals surface area (Å²) >= 11 is 0. The monoisotopic (exact) mass is 236 g/mol. The largest absolute Gasteiger partial charge is 0.399 e. The lowest BCUT2D eigenvalue weighted by molar-refractivity contribution is 0.0778. The third-order valence-electron chi connectivity index (χ3n) is 3.13. The molecule has 0 spiro atoms. The minimum absolute atomic E-state index is 0.137. The zero-order valence-electron chi connectivity index (χ0n) is 10.2. The van der Waals surface area contributed by atoms with E-state index in [4.69, 9.17) is 5.73 Å². The van der Waals surface area contributed by atoms with E-state index in [9.17, 15) is 9.18 Å². The second-order valence-electron chi connectivity index (χ2n) is 5.41. The number of anilines is 1. The Bertz CT molecular complexity index is 436. The summed E-state index contributed by atoms with van der Waals surface area (Å²) in [5.74, 6) is -0.603. The van der Waals surface area contributed by atoms with Crippen LogP contribution in [0.25, 0.3) is 0 Å². The van der Waals surface area contributed by atoms with Gasteiger partial charge >= 0.3 is 0 Å². The fourth-order valence-corrected chi connectivity index (χ4v) is 2.20. The van der Waals surface area contributed by atoms with Gasteiger partial charge in [-0.3, -0.25) is 4.79 Å². The highest BCUT2D eigenvalue weighted by molar-refractivity contribution is 5.95. The number of hydrogen-bond donors (Lipinski definition) is 1. The lowest BCUT2D eigenvalue weighted by atomic mass is 9.93. The number of amides is 1. The second kappa shape index (κ2) is 4.02. The van der Waals surface area contributed by atoms with E-state index >= 15 is 0 Å². The van der Waals surface area contributed by atoms with Gasteiger partial charge in [-0.2, -0.15) is 0 Å². The number of hydrogen-bond acceptors (Lipinski definition) is 2. The van der Waals surface area contributed by atoms with Gasteiger partial charge in [0.2, 0.25) is 0 Å². The number of benzene rings is 1. The Labute approximate surface area is 100 Å². The topological polar surface area (TPSA) is 46.3 Å². The van der Waals surface area contributed by atoms with Crippen LogP contribution in [0.15, 0.2) is 18.2 Å². The molecule has 1 fully saturated rings. The summed E-state index contributed by atoms with van der Waals surface area (Å²) in [6.45, 7) is 5.69. The lowest BCUT2D eigenvalue weighted by Gasteiger charge is -2.20. The van der Waals surface area contributed by atoms with E-state index in [2.05, 4.69) is 13.8 Å². The van der Waals surface area contributed by atoms with Gasteiger partial charge in [-0.05, 0) is 30.0 Å². The molecule has 1 saturated heterocycles. The molecule has 2 N–H and O–H groups in total. The fraction of sp³-hybridized carbons (Fsp3) is 0.462. The summed E-state index contributed by atoms with van der Waals surface area (Å²) in [4.78, 5) is 13.9. The Balaban J connectivity index is 2.20. The summed E-state index contributed by atoms with van der Waals surface area (Å²) in [5.41, 5.74) is 6.30. The third kappa shape index (κ3) is 2.57. The van der Waals surface area contributed by atoms with Crippen molar-refractivity contribution in [2.75, 3.05) is 18.8 Å². The van der Waals surface area contributed by atoms with Gasteiger partial charge in [0.1, 0.15) is 5.82 Å². The Hall–Kier alpha value is -1.58. The zero-order chi connectivity index (χ0) is 12.6. The normalized spacial score (nSPS) is 18.4. The molecule has 1 amide bonds. The van der Waals surface area contributed by atoms with Crippen LogP contribution in [0.5, 0.6) is 0 Å². The lowest BCUT2D eigenvalue weighted by Crippen LogP contribution is -2.30. The van der Waals surface area contributed by atoms with Gasteiger partial charge < -0.3 is 10.6 Å². The highest BCUT2D eigenvalue weighted by Gasteiger charge is 2.32.